The molecule has 0 rings (SSSR count). The molecule has 0 fully saturated rings. The molecule has 0 amide bonds. The first-order valence-electron chi connectivity index (χ1n) is 18.1. The fraction of sp³-hybridized carbons (Fsp3) is 0.944. The van der Waals surface area contributed by atoms with E-state index in [0.29, 0.717) is 0 Å². The molecule has 0 bridgehead atoms. The van der Waals surface area contributed by atoms with E-state index in [-0.39, 0.29) is 62.8 Å². The third-order valence-corrected chi connectivity index (χ3v) is 8.12. The summed E-state index contributed by atoms with van der Waals surface area (Å²) in [6.07, 6.45) is 32.2. The Hall–Kier alpha value is 0.120. The molecule has 43 heavy (non-hydrogen) atoms. The Morgan fingerprint density at radius 1 is 0.419 bits per heavy atom. The van der Waals surface area contributed by atoms with Gasteiger partial charge in [0.05, 0.1) is 12.2 Å². The van der Waals surface area contributed by atoms with Crippen LogP contribution in [0.25, 0.3) is 0 Å². The minimum Gasteiger partial charge on any atom is -0.550 e. The van der Waals surface area contributed by atoms with E-state index >= 15 is 0 Å². The Kier molecular flexibility index (Phi) is 44.4. The molecule has 0 aromatic heterocycles. The van der Waals surface area contributed by atoms with E-state index in [0.717, 1.165) is 89.9 Å². The van der Waals surface area contributed by atoms with Crippen molar-refractivity contribution in [3.8, 4) is 0 Å². The fourth-order valence-corrected chi connectivity index (χ4v) is 5.30. The summed E-state index contributed by atoms with van der Waals surface area (Å²) in [5.41, 5.74) is 0. The minimum absolute atomic E-state index is 0. The van der Waals surface area contributed by atoms with Crippen molar-refractivity contribution < 1.29 is 30.0 Å². The van der Waals surface area contributed by atoms with Crippen molar-refractivity contribution in [2.75, 3.05) is 0 Å². The number of hydrogen-bond acceptors (Lipinski definition) is 6. The molecule has 6 nitrogen and oxygen atoms in total. The summed E-state index contributed by atoms with van der Waals surface area (Å²) in [4.78, 5) is 20.5. The molecule has 0 aliphatic rings. The quantitative estimate of drug-likeness (QED) is 0.0580. The average molecular weight is 639 g/mol. The van der Waals surface area contributed by atoms with Crippen LogP contribution in [0.4, 0.5) is 0 Å². The van der Waals surface area contributed by atoms with Gasteiger partial charge in [0, 0.05) is 11.9 Å². The number of aliphatic carboxylic acids is 2. The van der Waals surface area contributed by atoms with Gasteiger partial charge >= 0.3 is 37.7 Å². The van der Waals surface area contributed by atoms with E-state index < -0.39 is 11.9 Å². The van der Waals surface area contributed by atoms with Crippen molar-refractivity contribution in [1.29, 1.82) is 0 Å². The molecule has 0 aliphatic carbocycles. The molecule has 0 saturated carbocycles. The fourth-order valence-electron chi connectivity index (χ4n) is 5.30. The molecule has 2 N–H and O–H groups in total. The van der Waals surface area contributed by atoms with Crippen LogP contribution >= 0.6 is 0 Å². The van der Waals surface area contributed by atoms with E-state index in [9.17, 15) is 30.0 Å². The van der Waals surface area contributed by atoms with Crippen LogP contribution in [0.1, 0.15) is 206 Å². The van der Waals surface area contributed by atoms with Gasteiger partial charge in [-0.15, -0.1) is 0 Å². The number of aliphatic hydroxyl groups is 2. The van der Waals surface area contributed by atoms with E-state index in [1.54, 1.807) is 0 Å². The Morgan fingerprint density at radius 2 is 0.628 bits per heavy atom. The summed E-state index contributed by atoms with van der Waals surface area (Å²) >= 11 is 0. The predicted octanol–water partition coefficient (Wildman–Crippen LogP) is 7.56. The van der Waals surface area contributed by atoms with Gasteiger partial charge in [0.25, 0.3) is 0 Å². The van der Waals surface area contributed by atoms with Crippen LogP contribution < -0.4 is 10.2 Å². The number of carbonyl (C=O) groups is 2. The van der Waals surface area contributed by atoms with Gasteiger partial charge in [0.2, 0.25) is 0 Å². The summed E-state index contributed by atoms with van der Waals surface area (Å²) in [6, 6.07) is 0. The number of hydrogen-bond donors (Lipinski definition) is 2. The second-order valence-corrected chi connectivity index (χ2v) is 12.5. The standard InChI is InChI=1S/2C18H36O3.Ca/c2*1-2-3-14-17(19)15-12-10-8-6-4-5-7-9-11-13-16-18(20)21;/h2*17,19H,2-16H2,1H3,(H,20,21);/q;;+2/p-2. The Bertz CT molecular complexity index is 512. The average Bonchev–Trinajstić information content (AvgIpc) is 2.96. The third kappa shape index (κ3) is 46.7. The van der Waals surface area contributed by atoms with E-state index in [2.05, 4.69) is 13.8 Å². The summed E-state index contributed by atoms with van der Waals surface area (Å²) in [7, 11) is 0. The molecule has 252 valence electrons. The van der Waals surface area contributed by atoms with Crippen molar-refractivity contribution in [2.45, 2.75) is 219 Å². The number of rotatable bonds is 32. The van der Waals surface area contributed by atoms with Crippen molar-refractivity contribution in [3.05, 3.63) is 0 Å². The maximum Gasteiger partial charge on any atom is 2.00 e. The van der Waals surface area contributed by atoms with Crippen molar-refractivity contribution in [2.24, 2.45) is 0 Å². The zero-order valence-electron chi connectivity index (χ0n) is 28.6. The Labute approximate surface area is 296 Å². The van der Waals surface area contributed by atoms with E-state index in [4.69, 9.17) is 0 Å². The van der Waals surface area contributed by atoms with Crippen LogP contribution in [0.15, 0.2) is 0 Å². The topological polar surface area (TPSA) is 121 Å². The maximum absolute atomic E-state index is 10.2. The molecular weight excluding hydrogens is 568 g/mol. The first kappa shape index (κ1) is 47.5. The van der Waals surface area contributed by atoms with Crippen LogP contribution in [0.2, 0.25) is 0 Å². The Morgan fingerprint density at radius 3 is 0.860 bits per heavy atom. The van der Waals surface area contributed by atoms with Crippen LogP contribution in [0.3, 0.4) is 0 Å². The molecule has 2 atom stereocenters. The summed E-state index contributed by atoms with van der Waals surface area (Å²) in [5, 5.41) is 39.9. The molecule has 0 aromatic rings. The zero-order valence-corrected chi connectivity index (χ0v) is 30.8. The molecule has 0 heterocycles. The second kappa shape index (κ2) is 40.1. The van der Waals surface area contributed by atoms with Gasteiger partial charge < -0.3 is 30.0 Å². The monoisotopic (exact) mass is 638 g/mol. The van der Waals surface area contributed by atoms with Crippen LogP contribution in [-0.2, 0) is 9.59 Å². The van der Waals surface area contributed by atoms with Crippen molar-refractivity contribution >= 4 is 49.7 Å². The van der Waals surface area contributed by atoms with Crippen LogP contribution in [0, 0.1) is 0 Å². The van der Waals surface area contributed by atoms with Crippen molar-refractivity contribution in [1.82, 2.24) is 0 Å². The number of unbranched alkanes of at least 4 members (excludes halogenated alkanes) is 20. The van der Waals surface area contributed by atoms with Crippen LogP contribution in [0.5, 0.6) is 0 Å². The number of carbonyl (C=O) groups excluding carboxylic acids is 2. The summed E-state index contributed by atoms with van der Waals surface area (Å²) < 4.78 is 0. The van der Waals surface area contributed by atoms with Gasteiger partial charge in [-0.25, -0.2) is 0 Å². The summed E-state index contributed by atoms with van der Waals surface area (Å²) in [5.74, 6) is -1.84. The van der Waals surface area contributed by atoms with Gasteiger partial charge in [0.1, 0.15) is 0 Å². The summed E-state index contributed by atoms with van der Waals surface area (Å²) in [6.45, 7) is 4.33. The molecule has 7 heteroatoms. The van der Waals surface area contributed by atoms with E-state index in [1.165, 1.54) is 89.9 Å². The minimum atomic E-state index is -0.921. The molecular formula is C36H70CaO6. The largest absolute Gasteiger partial charge is 2.00 e. The number of carboxylic acids is 2. The molecule has 0 aliphatic heterocycles. The van der Waals surface area contributed by atoms with Crippen molar-refractivity contribution in [3.63, 3.8) is 0 Å². The van der Waals surface area contributed by atoms with Crippen LogP contribution in [-0.4, -0.2) is 72.1 Å². The SMILES string of the molecule is CCCCC(O)CCCCCCCCCCCCC(=O)[O-].CCCCC(O)CCCCCCCCCCCCC(=O)[O-].[Ca+2]. The molecule has 0 aromatic carbocycles. The third-order valence-electron chi connectivity index (χ3n) is 8.12. The zero-order chi connectivity index (χ0) is 31.5. The number of carboxylic acid groups (broad SMARTS) is 2. The molecule has 2 unspecified atom stereocenters. The second-order valence-electron chi connectivity index (χ2n) is 12.5. The molecule has 0 radical (unpaired) electrons. The van der Waals surface area contributed by atoms with Gasteiger partial charge in [-0.1, -0.05) is 155 Å². The Balaban J connectivity index is -0.000000727. The smallest absolute Gasteiger partial charge is 0.550 e. The molecule has 0 saturated heterocycles. The van der Waals surface area contributed by atoms with Gasteiger partial charge in [0.15, 0.2) is 0 Å². The maximum atomic E-state index is 10.2. The molecule has 0 spiro atoms. The normalized spacial score (nSPS) is 12.2. The number of aliphatic hydroxyl groups excluding tert-OH is 2. The van der Waals surface area contributed by atoms with E-state index in [1.807, 2.05) is 0 Å². The predicted molar refractivity (Wildman–Crippen MR) is 178 cm³/mol. The van der Waals surface area contributed by atoms with Gasteiger partial charge in [-0.05, 0) is 51.4 Å². The first-order chi connectivity index (χ1) is 20.3. The first-order valence-corrected chi connectivity index (χ1v) is 18.1. The van der Waals surface area contributed by atoms with Gasteiger partial charge in [-0.3, -0.25) is 0 Å². The van der Waals surface area contributed by atoms with Gasteiger partial charge in [-0.2, -0.15) is 0 Å².